The van der Waals surface area contributed by atoms with Crippen molar-refractivity contribution in [2.75, 3.05) is 23.0 Å². The van der Waals surface area contributed by atoms with E-state index < -0.39 is 19.7 Å². The minimum Gasteiger partial charge on any atom is -0.288 e. The summed E-state index contributed by atoms with van der Waals surface area (Å²) in [6.45, 7) is 0.847. The lowest BCUT2D eigenvalue weighted by Crippen LogP contribution is -2.67. The number of hydrogen-bond donors (Lipinski definition) is 0. The Morgan fingerprint density at radius 2 is 0.938 bits per heavy atom. The van der Waals surface area contributed by atoms with E-state index in [1.54, 1.807) is 12.1 Å². The molecule has 0 aliphatic carbocycles. The molecule has 0 unspecified atom stereocenters. The highest BCUT2D eigenvalue weighted by molar-refractivity contribution is 7.92. The van der Waals surface area contributed by atoms with E-state index in [2.05, 4.69) is 9.80 Å². The van der Waals surface area contributed by atoms with Gasteiger partial charge in [-0.05, 0) is 23.3 Å². The summed E-state index contributed by atoms with van der Waals surface area (Å²) in [5.74, 6) is 0.0731. The SMILES string of the molecule is O=S1(=O)C[C@@H]2[C@@H](C1)N(Cc1ccccc1Cl)[C@H]1CS(=O)(=O)C[C@H]1N2Cc1ccccc1Cl. The number of benzene rings is 2. The monoisotopic (exact) mass is 514 g/mol. The second kappa shape index (κ2) is 8.25. The van der Waals surface area contributed by atoms with Crippen molar-refractivity contribution >= 4 is 42.9 Å². The number of piperazine rings is 1. The Hall–Kier alpha value is -1.16. The molecule has 10 heteroatoms. The minimum atomic E-state index is -3.26. The van der Waals surface area contributed by atoms with E-state index >= 15 is 0 Å². The number of hydrogen-bond acceptors (Lipinski definition) is 6. The predicted octanol–water partition coefficient (Wildman–Crippen LogP) is 2.64. The largest absolute Gasteiger partial charge is 0.288 e. The molecule has 0 aromatic heterocycles. The molecule has 5 rings (SSSR count). The Balaban J connectivity index is 1.56. The van der Waals surface area contributed by atoms with E-state index in [1.807, 2.05) is 36.4 Å². The van der Waals surface area contributed by atoms with Gasteiger partial charge in [0.1, 0.15) is 0 Å². The topological polar surface area (TPSA) is 74.8 Å². The zero-order chi connectivity index (χ0) is 22.7. The van der Waals surface area contributed by atoms with Crippen LogP contribution in [0.15, 0.2) is 48.5 Å². The van der Waals surface area contributed by atoms with Crippen LogP contribution in [0.5, 0.6) is 0 Å². The maximum atomic E-state index is 12.8. The molecule has 0 saturated carbocycles. The van der Waals surface area contributed by atoms with Crippen molar-refractivity contribution in [2.24, 2.45) is 0 Å². The normalized spacial score (nSPS) is 31.3. The van der Waals surface area contributed by atoms with Crippen LogP contribution in [0.3, 0.4) is 0 Å². The fraction of sp³-hybridized carbons (Fsp3) is 0.455. The third-order valence-electron chi connectivity index (χ3n) is 6.91. The molecule has 3 saturated heterocycles. The van der Waals surface area contributed by atoms with Crippen LogP contribution < -0.4 is 0 Å². The third kappa shape index (κ3) is 4.21. The number of halogens is 2. The summed E-state index contributed by atoms with van der Waals surface area (Å²) in [5, 5.41) is 1.20. The van der Waals surface area contributed by atoms with E-state index in [-0.39, 0.29) is 47.2 Å². The number of rotatable bonds is 4. The predicted molar refractivity (Wildman–Crippen MR) is 126 cm³/mol. The second-order valence-electron chi connectivity index (χ2n) is 8.95. The van der Waals surface area contributed by atoms with Gasteiger partial charge in [0.2, 0.25) is 0 Å². The Bertz CT molecular complexity index is 1120. The van der Waals surface area contributed by atoms with E-state index in [1.165, 1.54) is 0 Å². The highest BCUT2D eigenvalue weighted by Crippen LogP contribution is 2.40. The molecule has 172 valence electrons. The van der Waals surface area contributed by atoms with Crippen LogP contribution in [0, 0.1) is 0 Å². The van der Waals surface area contributed by atoms with Gasteiger partial charge >= 0.3 is 0 Å². The second-order valence-corrected chi connectivity index (χ2v) is 14.1. The van der Waals surface area contributed by atoms with Gasteiger partial charge in [0.15, 0.2) is 19.7 Å². The van der Waals surface area contributed by atoms with Crippen molar-refractivity contribution in [3.05, 3.63) is 69.7 Å². The minimum absolute atomic E-state index is 0.0183. The van der Waals surface area contributed by atoms with Crippen molar-refractivity contribution in [1.29, 1.82) is 0 Å². The maximum Gasteiger partial charge on any atom is 0.153 e. The molecule has 0 N–H and O–H groups in total. The van der Waals surface area contributed by atoms with Gasteiger partial charge in [-0.1, -0.05) is 59.6 Å². The molecule has 0 bridgehead atoms. The van der Waals surface area contributed by atoms with Gasteiger partial charge < -0.3 is 0 Å². The summed E-state index contributed by atoms with van der Waals surface area (Å²) >= 11 is 12.8. The fourth-order valence-electron chi connectivity index (χ4n) is 5.50. The van der Waals surface area contributed by atoms with E-state index in [0.717, 1.165) is 11.1 Å². The van der Waals surface area contributed by atoms with E-state index in [4.69, 9.17) is 23.2 Å². The zero-order valence-electron chi connectivity index (χ0n) is 17.3. The number of nitrogens with zero attached hydrogens (tertiary/aromatic N) is 2. The van der Waals surface area contributed by atoms with Crippen LogP contribution in [-0.2, 0) is 32.8 Å². The molecule has 6 nitrogen and oxygen atoms in total. The molecule has 0 spiro atoms. The molecule has 2 aromatic carbocycles. The van der Waals surface area contributed by atoms with Crippen LogP contribution in [0.4, 0.5) is 0 Å². The smallest absolute Gasteiger partial charge is 0.153 e. The van der Waals surface area contributed by atoms with Gasteiger partial charge in [0.25, 0.3) is 0 Å². The average molecular weight is 515 g/mol. The molecule has 4 atom stereocenters. The Labute approximate surface area is 198 Å². The summed E-state index contributed by atoms with van der Waals surface area (Å²) in [5.41, 5.74) is 1.75. The van der Waals surface area contributed by atoms with Crippen LogP contribution in [-0.4, -0.2) is 73.8 Å². The Kier molecular flexibility index (Phi) is 5.83. The van der Waals surface area contributed by atoms with Crippen molar-refractivity contribution in [3.63, 3.8) is 0 Å². The van der Waals surface area contributed by atoms with Crippen molar-refractivity contribution < 1.29 is 16.8 Å². The Morgan fingerprint density at radius 1 is 0.625 bits per heavy atom. The molecule has 0 radical (unpaired) electrons. The summed E-state index contributed by atoms with van der Waals surface area (Å²) in [7, 11) is -6.52. The first-order chi connectivity index (χ1) is 15.1. The zero-order valence-corrected chi connectivity index (χ0v) is 20.4. The summed E-state index contributed by atoms with van der Waals surface area (Å²) in [4.78, 5) is 4.18. The van der Waals surface area contributed by atoms with Crippen molar-refractivity contribution in [3.8, 4) is 0 Å². The van der Waals surface area contributed by atoms with Crippen molar-refractivity contribution in [1.82, 2.24) is 9.80 Å². The lowest BCUT2D eigenvalue weighted by atomic mass is 9.93. The summed E-state index contributed by atoms with van der Waals surface area (Å²) < 4.78 is 51.0. The number of sulfone groups is 2. The first-order valence-corrected chi connectivity index (χ1v) is 14.9. The molecule has 32 heavy (non-hydrogen) atoms. The van der Waals surface area contributed by atoms with Crippen LogP contribution in [0.1, 0.15) is 11.1 Å². The van der Waals surface area contributed by atoms with Gasteiger partial charge in [-0.25, -0.2) is 16.8 Å². The van der Waals surface area contributed by atoms with Gasteiger partial charge in [0.05, 0.1) is 23.0 Å². The highest BCUT2D eigenvalue weighted by Gasteiger charge is 2.57. The van der Waals surface area contributed by atoms with Crippen LogP contribution >= 0.6 is 23.2 Å². The maximum absolute atomic E-state index is 12.8. The molecule has 3 heterocycles. The third-order valence-corrected chi connectivity index (χ3v) is 11.0. The average Bonchev–Trinajstić information content (AvgIpc) is 3.22. The van der Waals surface area contributed by atoms with E-state index in [9.17, 15) is 16.8 Å². The first-order valence-electron chi connectivity index (χ1n) is 10.5. The molecule has 2 aromatic rings. The van der Waals surface area contributed by atoms with E-state index in [0.29, 0.717) is 23.1 Å². The quantitative estimate of drug-likeness (QED) is 0.624. The molecule has 3 aliphatic rings. The lowest BCUT2D eigenvalue weighted by molar-refractivity contribution is -0.0341. The standard InChI is InChI=1S/C22H24Cl2N2O4S2/c23-17-7-3-1-5-15(17)9-25-19-11-31(27,28)13-21(19)26(10-16-6-2-4-8-18(16)24)22-14-32(29,30)12-20(22)25/h1-8,19-22H,9-14H2/t19-,20-,21-,22+/m1/s1. The molecule has 3 aliphatic heterocycles. The summed E-state index contributed by atoms with van der Waals surface area (Å²) in [6, 6.07) is 13.7. The first kappa shape index (κ1) is 22.6. The lowest BCUT2D eigenvalue weighted by Gasteiger charge is -2.51. The van der Waals surface area contributed by atoms with Crippen LogP contribution in [0.2, 0.25) is 10.0 Å². The summed E-state index contributed by atoms with van der Waals surface area (Å²) in [6.07, 6.45) is 0. The molecular formula is C22H24Cl2N2O4S2. The Morgan fingerprint density at radius 3 is 1.25 bits per heavy atom. The van der Waals surface area contributed by atoms with Gasteiger partial charge in [-0.2, -0.15) is 0 Å². The fourth-order valence-corrected chi connectivity index (χ4v) is 9.89. The van der Waals surface area contributed by atoms with Gasteiger partial charge in [-0.15, -0.1) is 0 Å². The van der Waals surface area contributed by atoms with Gasteiger partial charge in [-0.3, -0.25) is 9.80 Å². The van der Waals surface area contributed by atoms with Gasteiger partial charge in [0, 0.05) is 47.3 Å². The molecule has 3 fully saturated rings. The van der Waals surface area contributed by atoms with Crippen molar-refractivity contribution in [2.45, 2.75) is 37.3 Å². The highest BCUT2D eigenvalue weighted by atomic mass is 35.5. The number of fused-ring (bicyclic) bond motifs is 2. The molecule has 0 amide bonds. The van der Waals surface area contributed by atoms with Crippen LogP contribution in [0.25, 0.3) is 0 Å². The molecular weight excluding hydrogens is 491 g/mol.